The second-order valence-electron chi connectivity index (χ2n) is 5.16. The van der Waals surface area contributed by atoms with E-state index in [1.165, 1.54) is 4.31 Å². The molecule has 0 aromatic heterocycles. The Hall–Kier alpha value is -0.950. The highest BCUT2D eigenvalue weighted by Gasteiger charge is 2.31. The molecule has 1 aliphatic heterocycles. The first-order chi connectivity index (χ1) is 9.46. The zero-order valence-corrected chi connectivity index (χ0v) is 13.0. The number of rotatable bonds is 4. The van der Waals surface area contributed by atoms with Gasteiger partial charge in [-0.15, -0.1) is 0 Å². The maximum Gasteiger partial charge on any atom is 0.243 e. The Balaban J connectivity index is 2.36. The molecular weight excluding hydrogens is 276 g/mol. The Morgan fingerprint density at radius 2 is 2.20 bits per heavy atom. The van der Waals surface area contributed by atoms with Gasteiger partial charge in [-0.3, -0.25) is 0 Å². The van der Waals surface area contributed by atoms with Gasteiger partial charge in [0.2, 0.25) is 10.0 Å². The lowest BCUT2D eigenvalue weighted by atomic mass is 10.1. The van der Waals surface area contributed by atoms with Gasteiger partial charge < -0.3 is 10.1 Å². The van der Waals surface area contributed by atoms with Crippen LogP contribution in [0.15, 0.2) is 23.1 Å². The molecule has 1 aromatic carbocycles. The number of sulfonamides is 1. The van der Waals surface area contributed by atoms with Crippen LogP contribution in [0.4, 0.5) is 0 Å². The number of ether oxygens (including phenoxy) is 1. The molecular formula is C14H22N2O3S. The van der Waals surface area contributed by atoms with E-state index in [1.54, 1.807) is 12.1 Å². The summed E-state index contributed by atoms with van der Waals surface area (Å²) in [6.07, 6.45) is 0. The predicted molar refractivity (Wildman–Crippen MR) is 78.1 cm³/mol. The van der Waals surface area contributed by atoms with Crippen molar-refractivity contribution in [1.82, 2.24) is 9.62 Å². The standard InChI is InChI=1S/C14H22N2O3S/c1-11-4-5-14(8-13(11)9-15-3)20(17,18)16-6-7-19-10-12(16)2/h4-5,8,12,15H,6-7,9-10H2,1-3H3. The van der Waals surface area contributed by atoms with Crippen molar-refractivity contribution < 1.29 is 13.2 Å². The van der Waals surface area contributed by atoms with Gasteiger partial charge in [0.1, 0.15) is 0 Å². The van der Waals surface area contributed by atoms with Crippen LogP contribution in [0.2, 0.25) is 0 Å². The van der Waals surface area contributed by atoms with E-state index in [0.29, 0.717) is 31.2 Å². The molecule has 1 saturated heterocycles. The molecule has 0 bridgehead atoms. The lowest BCUT2D eigenvalue weighted by molar-refractivity contribution is 0.0392. The van der Waals surface area contributed by atoms with Gasteiger partial charge in [-0.1, -0.05) is 6.07 Å². The van der Waals surface area contributed by atoms with E-state index < -0.39 is 10.0 Å². The summed E-state index contributed by atoms with van der Waals surface area (Å²) in [6, 6.07) is 5.20. The van der Waals surface area contributed by atoms with Gasteiger partial charge >= 0.3 is 0 Å². The van der Waals surface area contributed by atoms with Crippen molar-refractivity contribution in [2.24, 2.45) is 0 Å². The first kappa shape index (κ1) is 15.4. The summed E-state index contributed by atoms with van der Waals surface area (Å²) in [6.45, 7) is 5.85. The van der Waals surface area contributed by atoms with Gasteiger partial charge in [0, 0.05) is 19.1 Å². The largest absolute Gasteiger partial charge is 0.378 e. The average Bonchev–Trinajstić information content (AvgIpc) is 2.41. The molecule has 1 atom stereocenters. The fourth-order valence-electron chi connectivity index (χ4n) is 2.39. The molecule has 1 aliphatic rings. The molecule has 0 aliphatic carbocycles. The van der Waals surface area contributed by atoms with Crippen LogP contribution in [-0.2, 0) is 21.3 Å². The fraction of sp³-hybridized carbons (Fsp3) is 0.571. The first-order valence-corrected chi connectivity index (χ1v) is 8.24. The predicted octanol–water partition coefficient (Wildman–Crippen LogP) is 1.12. The van der Waals surface area contributed by atoms with Crippen molar-refractivity contribution in [3.8, 4) is 0 Å². The van der Waals surface area contributed by atoms with Gasteiger partial charge in [0.05, 0.1) is 18.1 Å². The Morgan fingerprint density at radius 1 is 1.45 bits per heavy atom. The molecule has 1 N–H and O–H groups in total. The van der Waals surface area contributed by atoms with E-state index in [9.17, 15) is 8.42 Å². The lowest BCUT2D eigenvalue weighted by Crippen LogP contribution is -2.46. The highest BCUT2D eigenvalue weighted by molar-refractivity contribution is 7.89. The van der Waals surface area contributed by atoms with E-state index in [1.807, 2.05) is 27.0 Å². The van der Waals surface area contributed by atoms with Crippen LogP contribution in [-0.4, -0.2) is 45.6 Å². The van der Waals surface area contributed by atoms with Crippen LogP contribution >= 0.6 is 0 Å². The highest BCUT2D eigenvalue weighted by atomic mass is 32.2. The summed E-state index contributed by atoms with van der Waals surface area (Å²) >= 11 is 0. The number of nitrogens with one attached hydrogen (secondary N) is 1. The van der Waals surface area contributed by atoms with Crippen LogP contribution in [0.25, 0.3) is 0 Å². The topological polar surface area (TPSA) is 58.6 Å². The van der Waals surface area contributed by atoms with Crippen LogP contribution in [0, 0.1) is 6.92 Å². The Kier molecular flexibility index (Phi) is 4.80. The number of benzene rings is 1. The molecule has 2 rings (SSSR count). The quantitative estimate of drug-likeness (QED) is 0.905. The molecule has 0 amide bonds. The van der Waals surface area contributed by atoms with Gasteiger partial charge in [-0.2, -0.15) is 4.31 Å². The zero-order valence-electron chi connectivity index (χ0n) is 12.2. The summed E-state index contributed by atoms with van der Waals surface area (Å²) in [7, 11) is -1.59. The molecule has 1 heterocycles. The van der Waals surface area contributed by atoms with E-state index in [0.717, 1.165) is 11.1 Å². The Morgan fingerprint density at radius 3 is 2.85 bits per heavy atom. The Labute approximate surface area is 121 Å². The van der Waals surface area contributed by atoms with Crippen LogP contribution in [0.5, 0.6) is 0 Å². The number of hydrogen-bond donors (Lipinski definition) is 1. The minimum absolute atomic E-state index is 0.122. The molecule has 6 heteroatoms. The van der Waals surface area contributed by atoms with Gasteiger partial charge in [-0.05, 0) is 44.2 Å². The molecule has 1 aromatic rings. The van der Waals surface area contributed by atoms with Crippen molar-refractivity contribution in [1.29, 1.82) is 0 Å². The van der Waals surface area contributed by atoms with Crippen molar-refractivity contribution in [3.05, 3.63) is 29.3 Å². The van der Waals surface area contributed by atoms with E-state index >= 15 is 0 Å². The number of aryl methyl sites for hydroxylation is 1. The fourth-order valence-corrected chi connectivity index (χ4v) is 4.05. The third-order valence-corrected chi connectivity index (χ3v) is 5.61. The molecule has 112 valence electrons. The highest BCUT2D eigenvalue weighted by Crippen LogP contribution is 2.22. The van der Waals surface area contributed by atoms with Crippen molar-refractivity contribution >= 4 is 10.0 Å². The van der Waals surface area contributed by atoms with Gasteiger partial charge in [0.25, 0.3) is 0 Å². The van der Waals surface area contributed by atoms with Crippen molar-refractivity contribution in [2.45, 2.75) is 31.3 Å². The maximum absolute atomic E-state index is 12.7. The molecule has 0 radical (unpaired) electrons. The SMILES string of the molecule is CNCc1cc(S(=O)(=O)N2CCOCC2C)ccc1C. The lowest BCUT2D eigenvalue weighted by Gasteiger charge is -2.32. The molecule has 0 saturated carbocycles. The molecule has 20 heavy (non-hydrogen) atoms. The van der Waals surface area contributed by atoms with E-state index in [2.05, 4.69) is 5.32 Å². The summed E-state index contributed by atoms with van der Waals surface area (Å²) in [5.74, 6) is 0. The number of morpholine rings is 1. The number of hydrogen-bond acceptors (Lipinski definition) is 4. The smallest absolute Gasteiger partial charge is 0.243 e. The van der Waals surface area contributed by atoms with E-state index in [-0.39, 0.29) is 6.04 Å². The van der Waals surface area contributed by atoms with Gasteiger partial charge in [0.15, 0.2) is 0 Å². The summed E-state index contributed by atoms with van der Waals surface area (Å²) in [4.78, 5) is 0.363. The van der Waals surface area contributed by atoms with Crippen molar-refractivity contribution in [3.63, 3.8) is 0 Å². The summed E-state index contributed by atoms with van der Waals surface area (Å²) in [5.41, 5.74) is 2.10. The monoisotopic (exact) mass is 298 g/mol. The summed E-state index contributed by atoms with van der Waals surface area (Å²) < 4.78 is 32.3. The van der Waals surface area contributed by atoms with Crippen LogP contribution in [0.3, 0.4) is 0 Å². The third-order valence-electron chi connectivity index (χ3n) is 3.60. The third kappa shape index (κ3) is 3.03. The molecule has 5 nitrogen and oxygen atoms in total. The minimum atomic E-state index is -3.44. The minimum Gasteiger partial charge on any atom is -0.378 e. The van der Waals surface area contributed by atoms with Gasteiger partial charge in [-0.25, -0.2) is 8.42 Å². The molecule has 0 spiro atoms. The second kappa shape index (κ2) is 6.22. The maximum atomic E-state index is 12.7. The van der Waals surface area contributed by atoms with Crippen LogP contribution < -0.4 is 5.32 Å². The average molecular weight is 298 g/mol. The normalized spacial score (nSPS) is 21.1. The Bertz CT molecular complexity index is 572. The molecule has 1 unspecified atom stereocenters. The van der Waals surface area contributed by atoms with Crippen molar-refractivity contribution in [2.75, 3.05) is 26.8 Å². The number of nitrogens with zero attached hydrogens (tertiary/aromatic N) is 1. The molecule has 1 fully saturated rings. The second-order valence-corrected chi connectivity index (χ2v) is 7.05. The first-order valence-electron chi connectivity index (χ1n) is 6.80. The summed E-state index contributed by atoms with van der Waals surface area (Å²) in [5, 5.41) is 3.06. The van der Waals surface area contributed by atoms with Crippen LogP contribution in [0.1, 0.15) is 18.1 Å². The zero-order chi connectivity index (χ0) is 14.8. The van der Waals surface area contributed by atoms with E-state index in [4.69, 9.17) is 4.74 Å².